The van der Waals surface area contributed by atoms with Crippen LogP contribution >= 0.6 is 0 Å². The maximum atomic E-state index is 13.3. The van der Waals surface area contributed by atoms with Crippen LogP contribution in [-0.4, -0.2) is 23.9 Å². The molecule has 0 bridgehead atoms. The second-order valence-electron chi connectivity index (χ2n) is 3.74. The molecule has 0 spiro atoms. The van der Waals surface area contributed by atoms with E-state index in [0.717, 1.165) is 12.5 Å². The zero-order valence-corrected chi connectivity index (χ0v) is 10.2. The zero-order chi connectivity index (χ0) is 14.4. The van der Waals surface area contributed by atoms with E-state index in [1.165, 1.54) is 0 Å². The van der Waals surface area contributed by atoms with Gasteiger partial charge in [-0.1, -0.05) is 6.92 Å². The van der Waals surface area contributed by atoms with Gasteiger partial charge in [0.15, 0.2) is 0 Å². The Kier molecular flexibility index (Phi) is 5.16. The van der Waals surface area contributed by atoms with Crippen LogP contribution in [0.25, 0.3) is 0 Å². The topological polar surface area (TPSA) is 84.3 Å². The number of nitro groups is 1. The van der Waals surface area contributed by atoms with E-state index >= 15 is 0 Å². The van der Waals surface area contributed by atoms with Crippen LogP contribution in [0.4, 0.5) is 20.2 Å². The number of hydrogen-bond acceptors (Lipinski definition) is 4. The van der Waals surface area contributed by atoms with Gasteiger partial charge in [-0.3, -0.25) is 14.9 Å². The highest BCUT2D eigenvalue weighted by Crippen LogP contribution is 2.28. The van der Waals surface area contributed by atoms with E-state index in [4.69, 9.17) is 0 Å². The zero-order valence-electron chi connectivity index (χ0n) is 10.2. The largest absolute Gasteiger partial charge is 0.370 e. The molecule has 0 unspecified atom stereocenters. The van der Waals surface area contributed by atoms with Crippen molar-refractivity contribution in [2.75, 3.05) is 18.4 Å². The average molecular weight is 273 g/mol. The minimum atomic E-state index is -1.29. The van der Waals surface area contributed by atoms with E-state index in [1.807, 2.05) is 6.92 Å². The lowest BCUT2D eigenvalue weighted by atomic mass is 10.2. The molecular formula is C11H13F2N3O3. The molecule has 6 nitrogen and oxygen atoms in total. The van der Waals surface area contributed by atoms with Gasteiger partial charge in [0.1, 0.15) is 11.5 Å². The Bertz CT molecular complexity index is 494. The molecule has 2 N–H and O–H groups in total. The molecule has 19 heavy (non-hydrogen) atoms. The first kappa shape index (κ1) is 14.8. The Balaban J connectivity index is 2.82. The number of nitrogens with one attached hydrogen (secondary N) is 2. The van der Waals surface area contributed by atoms with Crippen LogP contribution in [0.15, 0.2) is 12.1 Å². The molecule has 1 aromatic carbocycles. The van der Waals surface area contributed by atoms with Crippen molar-refractivity contribution in [1.82, 2.24) is 5.32 Å². The van der Waals surface area contributed by atoms with Crippen LogP contribution in [0.2, 0.25) is 0 Å². The fraction of sp³-hybridized carbons (Fsp3) is 0.364. The molecule has 0 aromatic heterocycles. The highest BCUT2D eigenvalue weighted by atomic mass is 19.1. The highest BCUT2D eigenvalue weighted by Gasteiger charge is 2.22. The van der Waals surface area contributed by atoms with Crippen LogP contribution in [0.1, 0.15) is 13.3 Å². The summed E-state index contributed by atoms with van der Waals surface area (Å²) in [6.07, 6.45) is 0.737. The molecule has 0 heterocycles. The summed E-state index contributed by atoms with van der Waals surface area (Å²) < 4.78 is 26.3. The Labute approximate surface area is 108 Å². The summed E-state index contributed by atoms with van der Waals surface area (Å²) in [6.45, 7) is 2.02. The molecule has 0 atom stereocenters. The van der Waals surface area contributed by atoms with Crippen molar-refractivity contribution in [3.63, 3.8) is 0 Å². The molecule has 0 aliphatic rings. The van der Waals surface area contributed by atoms with Crippen molar-refractivity contribution in [2.24, 2.45) is 0 Å². The number of carbonyl (C=O) groups excluding carboxylic acids is 1. The molecule has 0 aliphatic carbocycles. The van der Waals surface area contributed by atoms with E-state index in [-0.39, 0.29) is 12.2 Å². The van der Waals surface area contributed by atoms with Crippen molar-refractivity contribution in [3.8, 4) is 0 Å². The maximum absolute atomic E-state index is 13.3. The number of rotatable bonds is 6. The fourth-order valence-electron chi connectivity index (χ4n) is 1.39. The molecule has 1 rings (SSSR count). The fourth-order valence-corrected chi connectivity index (χ4v) is 1.39. The van der Waals surface area contributed by atoms with Gasteiger partial charge >= 0.3 is 5.69 Å². The molecule has 0 saturated carbocycles. The smallest absolute Gasteiger partial charge is 0.327 e. The standard InChI is InChI=1S/C11H13F2N3O3/c1-2-3-14-10(17)6-15-9-5-7(12)4-8(13)11(9)16(18)19/h4-5,15H,2-3,6H2,1H3,(H,14,17). The van der Waals surface area contributed by atoms with Gasteiger partial charge in [-0.05, 0) is 6.42 Å². The summed E-state index contributed by atoms with van der Waals surface area (Å²) in [5, 5.41) is 15.5. The number of hydrogen-bond donors (Lipinski definition) is 2. The lowest BCUT2D eigenvalue weighted by Gasteiger charge is -2.08. The van der Waals surface area contributed by atoms with Crippen LogP contribution in [0.5, 0.6) is 0 Å². The molecule has 1 amide bonds. The van der Waals surface area contributed by atoms with Gasteiger partial charge in [0.05, 0.1) is 11.5 Å². The highest BCUT2D eigenvalue weighted by molar-refractivity contribution is 5.81. The van der Waals surface area contributed by atoms with Gasteiger partial charge in [-0.15, -0.1) is 0 Å². The average Bonchev–Trinajstić information content (AvgIpc) is 2.32. The number of halogens is 2. The van der Waals surface area contributed by atoms with E-state index in [1.54, 1.807) is 0 Å². The summed E-state index contributed by atoms with van der Waals surface area (Å²) in [5.74, 6) is -2.66. The van der Waals surface area contributed by atoms with Gasteiger partial charge in [-0.2, -0.15) is 4.39 Å². The monoisotopic (exact) mass is 273 g/mol. The van der Waals surface area contributed by atoms with E-state index in [9.17, 15) is 23.7 Å². The second kappa shape index (κ2) is 6.62. The van der Waals surface area contributed by atoms with Gasteiger partial charge in [0.25, 0.3) is 0 Å². The number of amides is 1. The first-order valence-electron chi connectivity index (χ1n) is 5.59. The second-order valence-corrected chi connectivity index (χ2v) is 3.74. The third-order valence-electron chi connectivity index (χ3n) is 2.22. The number of benzene rings is 1. The number of nitro benzene ring substituents is 1. The van der Waals surface area contributed by atoms with Crippen molar-refractivity contribution < 1.29 is 18.5 Å². The van der Waals surface area contributed by atoms with Crippen molar-refractivity contribution in [3.05, 3.63) is 33.9 Å². The quantitative estimate of drug-likeness (QED) is 0.611. The molecular weight excluding hydrogens is 260 g/mol. The van der Waals surface area contributed by atoms with Crippen LogP contribution < -0.4 is 10.6 Å². The van der Waals surface area contributed by atoms with E-state index < -0.39 is 28.2 Å². The van der Waals surface area contributed by atoms with Gasteiger partial charge < -0.3 is 10.6 Å². The molecule has 0 fully saturated rings. The summed E-state index contributed by atoms with van der Waals surface area (Å²) in [5.41, 5.74) is -1.25. The van der Waals surface area contributed by atoms with Gasteiger partial charge in [0, 0.05) is 18.7 Å². The molecule has 0 radical (unpaired) electrons. The van der Waals surface area contributed by atoms with Crippen LogP contribution in [0, 0.1) is 21.7 Å². The lowest BCUT2D eigenvalue weighted by Crippen LogP contribution is -2.30. The van der Waals surface area contributed by atoms with Crippen LogP contribution in [0.3, 0.4) is 0 Å². The van der Waals surface area contributed by atoms with E-state index in [2.05, 4.69) is 10.6 Å². The van der Waals surface area contributed by atoms with Crippen molar-refractivity contribution in [1.29, 1.82) is 0 Å². The van der Waals surface area contributed by atoms with Crippen molar-refractivity contribution >= 4 is 17.3 Å². The Morgan fingerprint density at radius 3 is 2.68 bits per heavy atom. The third kappa shape index (κ3) is 4.16. The summed E-state index contributed by atoms with van der Waals surface area (Å²) in [7, 11) is 0. The first-order valence-corrected chi connectivity index (χ1v) is 5.59. The minimum absolute atomic E-state index is 0.302. The predicted octanol–water partition coefficient (Wildman–Crippen LogP) is 1.81. The lowest BCUT2D eigenvalue weighted by molar-refractivity contribution is -0.386. The van der Waals surface area contributed by atoms with Gasteiger partial charge in [0.2, 0.25) is 11.7 Å². The molecule has 1 aromatic rings. The summed E-state index contributed by atoms with van der Waals surface area (Å²) >= 11 is 0. The maximum Gasteiger partial charge on any atom is 0.327 e. The molecule has 8 heteroatoms. The molecule has 0 saturated heterocycles. The summed E-state index contributed by atoms with van der Waals surface area (Å²) in [6, 6.07) is 1.19. The third-order valence-corrected chi connectivity index (χ3v) is 2.22. The van der Waals surface area contributed by atoms with Crippen LogP contribution in [-0.2, 0) is 4.79 Å². The Morgan fingerprint density at radius 1 is 1.42 bits per heavy atom. The normalized spacial score (nSPS) is 10.1. The molecule has 104 valence electrons. The SMILES string of the molecule is CCCNC(=O)CNc1cc(F)cc(F)c1[N+](=O)[O-]. The predicted molar refractivity (Wildman–Crippen MR) is 64.8 cm³/mol. The minimum Gasteiger partial charge on any atom is -0.370 e. The van der Waals surface area contributed by atoms with Gasteiger partial charge in [-0.25, -0.2) is 4.39 Å². The summed E-state index contributed by atoms with van der Waals surface area (Å²) in [4.78, 5) is 21.0. The Hall–Kier alpha value is -2.25. The first-order chi connectivity index (χ1) is 8.95. The number of anilines is 1. The number of carbonyl (C=O) groups is 1. The van der Waals surface area contributed by atoms with E-state index in [0.29, 0.717) is 12.6 Å². The number of nitrogens with zero attached hydrogens (tertiary/aromatic N) is 1. The Morgan fingerprint density at radius 2 is 2.11 bits per heavy atom. The molecule has 0 aliphatic heterocycles. The van der Waals surface area contributed by atoms with Crippen molar-refractivity contribution in [2.45, 2.75) is 13.3 Å².